The van der Waals surface area contributed by atoms with Crippen molar-refractivity contribution >= 4 is 16.7 Å². The van der Waals surface area contributed by atoms with Gasteiger partial charge < -0.3 is 10.3 Å². The Labute approximate surface area is 139 Å². The molecular formula is C20H16FN3. The molecule has 4 heteroatoms. The van der Waals surface area contributed by atoms with Crippen LogP contribution < -0.4 is 5.73 Å². The zero-order valence-electron chi connectivity index (χ0n) is 13.0. The van der Waals surface area contributed by atoms with Gasteiger partial charge in [-0.15, -0.1) is 0 Å². The number of anilines is 1. The maximum absolute atomic E-state index is 13.7. The number of nitrogens with two attached hydrogens (primary N) is 1. The van der Waals surface area contributed by atoms with Gasteiger partial charge in [0.25, 0.3) is 0 Å². The predicted octanol–water partition coefficient (Wildman–Crippen LogP) is 4.47. The fourth-order valence-electron chi connectivity index (χ4n) is 2.89. The fraction of sp³-hybridized carbons (Fsp3) is 0.0500. The van der Waals surface area contributed by atoms with Gasteiger partial charge in [0.1, 0.15) is 11.6 Å². The van der Waals surface area contributed by atoms with Crippen LogP contribution in [0, 0.1) is 5.82 Å². The van der Waals surface area contributed by atoms with Gasteiger partial charge in [-0.05, 0) is 42.0 Å². The summed E-state index contributed by atoms with van der Waals surface area (Å²) < 4.78 is 15.8. The molecule has 4 rings (SSSR count). The molecule has 0 bridgehead atoms. The number of nitrogen functional groups attached to an aromatic ring is 1. The van der Waals surface area contributed by atoms with Gasteiger partial charge in [0.05, 0.1) is 11.0 Å². The largest absolute Gasteiger partial charge is 0.399 e. The standard InChI is InChI=1S/C20H16FN3/c21-16-5-3-4-15(12-16)20-23-18-6-1-2-7-19(18)24(20)13-14-8-10-17(22)11-9-14/h1-12H,13,22H2. The van der Waals surface area contributed by atoms with Crippen LogP contribution in [0.15, 0.2) is 72.8 Å². The first-order valence-electron chi connectivity index (χ1n) is 7.76. The normalized spacial score (nSPS) is 11.0. The van der Waals surface area contributed by atoms with Crippen LogP contribution in [-0.2, 0) is 6.54 Å². The Balaban J connectivity index is 1.88. The molecule has 0 saturated carbocycles. The van der Waals surface area contributed by atoms with Crippen molar-refractivity contribution in [2.24, 2.45) is 0 Å². The van der Waals surface area contributed by atoms with Crippen molar-refractivity contribution in [1.82, 2.24) is 9.55 Å². The highest BCUT2D eigenvalue weighted by Gasteiger charge is 2.13. The number of fused-ring (bicyclic) bond motifs is 1. The van der Waals surface area contributed by atoms with Gasteiger partial charge in [-0.3, -0.25) is 0 Å². The Hall–Kier alpha value is -3.14. The summed E-state index contributed by atoms with van der Waals surface area (Å²) in [5, 5.41) is 0. The van der Waals surface area contributed by atoms with Crippen molar-refractivity contribution in [3.63, 3.8) is 0 Å². The van der Waals surface area contributed by atoms with Crippen molar-refractivity contribution in [3.8, 4) is 11.4 Å². The van der Waals surface area contributed by atoms with Crippen LogP contribution in [0.2, 0.25) is 0 Å². The van der Waals surface area contributed by atoms with Crippen LogP contribution in [0.3, 0.4) is 0 Å². The molecule has 24 heavy (non-hydrogen) atoms. The average Bonchev–Trinajstić information content (AvgIpc) is 2.96. The lowest BCUT2D eigenvalue weighted by molar-refractivity contribution is 0.628. The van der Waals surface area contributed by atoms with Gasteiger partial charge in [-0.2, -0.15) is 0 Å². The minimum atomic E-state index is -0.265. The van der Waals surface area contributed by atoms with E-state index in [2.05, 4.69) is 4.57 Å². The van der Waals surface area contributed by atoms with Crippen LogP contribution in [0.5, 0.6) is 0 Å². The van der Waals surface area contributed by atoms with Crippen molar-refractivity contribution < 1.29 is 4.39 Å². The molecule has 0 spiro atoms. The van der Waals surface area contributed by atoms with Gasteiger partial charge in [-0.25, -0.2) is 9.37 Å². The zero-order valence-corrected chi connectivity index (χ0v) is 13.0. The number of benzene rings is 3. The predicted molar refractivity (Wildman–Crippen MR) is 95.1 cm³/mol. The van der Waals surface area contributed by atoms with E-state index in [1.807, 2.05) is 54.6 Å². The van der Waals surface area contributed by atoms with Gasteiger partial charge in [0, 0.05) is 17.8 Å². The lowest BCUT2D eigenvalue weighted by atomic mass is 10.1. The first-order chi connectivity index (χ1) is 11.7. The molecule has 0 aliphatic rings. The Morgan fingerprint density at radius 1 is 0.917 bits per heavy atom. The zero-order chi connectivity index (χ0) is 16.5. The van der Waals surface area contributed by atoms with Crippen LogP contribution in [0.4, 0.5) is 10.1 Å². The molecular weight excluding hydrogens is 301 g/mol. The van der Waals surface area contributed by atoms with Crippen LogP contribution in [0.25, 0.3) is 22.4 Å². The second-order valence-corrected chi connectivity index (χ2v) is 5.76. The molecule has 0 aliphatic heterocycles. The van der Waals surface area contributed by atoms with E-state index >= 15 is 0 Å². The van der Waals surface area contributed by atoms with Crippen molar-refractivity contribution in [3.05, 3.63) is 84.2 Å². The van der Waals surface area contributed by atoms with Crippen LogP contribution in [0.1, 0.15) is 5.56 Å². The highest BCUT2D eigenvalue weighted by Crippen LogP contribution is 2.26. The summed E-state index contributed by atoms with van der Waals surface area (Å²) in [5.41, 5.74) is 10.3. The van der Waals surface area contributed by atoms with Crippen LogP contribution in [-0.4, -0.2) is 9.55 Å². The average molecular weight is 317 g/mol. The molecule has 0 fully saturated rings. The Morgan fingerprint density at radius 2 is 1.71 bits per heavy atom. The number of hydrogen-bond acceptors (Lipinski definition) is 2. The highest BCUT2D eigenvalue weighted by atomic mass is 19.1. The Kier molecular flexibility index (Phi) is 3.50. The molecule has 0 aliphatic carbocycles. The molecule has 1 heterocycles. The van der Waals surface area contributed by atoms with Crippen LogP contribution >= 0.6 is 0 Å². The Morgan fingerprint density at radius 3 is 2.50 bits per heavy atom. The van der Waals surface area contributed by atoms with E-state index < -0.39 is 0 Å². The molecule has 0 atom stereocenters. The highest BCUT2D eigenvalue weighted by molar-refractivity contribution is 5.80. The maximum atomic E-state index is 13.7. The van der Waals surface area contributed by atoms with E-state index in [9.17, 15) is 4.39 Å². The Bertz CT molecular complexity index is 1000. The third kappa shape index (κ3) is 2.63. The summed E-state index contributed by atoms with van der Waals surface area (Å²) in [4.78, 5) is 4.71. The summed E-state index contributed by atoms with van der Waals surface area (Å²) in [5.74, 6) is 0.492. The van der Waals surface area contributed by atoms with E-state index in [0.717, 1.165) is 33.7 Å². The van der Waals surface area contributed by atoms with E-state index in [1.54, 1.807) is 6.07 Å². The number of halogens is 1. The summed E-state index contributed by atoms with van der Waals surface area (Å²) in [6.45, 7) is 0.645. The summed E-state index contributed by atoms with van der Waals surface area (Å²) >= 11 is 0. The molecule has 118 valence electrons. The third-order valence-corrected chi connectivity index (χ3v) is 4.06. The number of imidazole rings is 1. The lowest BCUT2D eigenvalue weighted by Crippen LogP contribution is -2.02. The van der Waals surface area contributed by atoms with Gasteiger partial charge >= 0.3 is 0 Å². The van der Waals surface area contributed by atoms with Gasteiger partial charge in [0.2, 0.25) is 0 Å². The monoisotopic (exact) mass is 317 g/mol. The molecule has 0 amide bonds. The summed E-state index contributed by atoms with van der Waals surface area (Å²) in [6, 6.07) is 22.3. The van der Waals surface area contributed by atoms with E-state index in [4.69, 9.17) is 10.7 Å². The van der Waals surface area contributed by atoms with Crippen molar-refractivity contribution in [2.75, 3.05) is 5.73 Å². The lowest BCUT2D eigenvalue weighted by Gasteiger charge is -2.10. The molecule has 1 aromatic heterocycles. The van der Waals surface area contributed by atoms with E-state index in [-0.39, 0.29) is 5.82 Å². The van der Waals surface area contributed by atoms with Gasteiger partial charge in [-0.1, -0.05) is 36.4 Å². The number of rotatable bonds is 3. The SMILES string of the molecule is Nc1ccc(Cn2c(-c3cccc(F)c3)nc3ccccc32)cc1. The van der Waals surface area contributed by atoms with Gasteiger partial charge in [0.15, 0.2) is 0 Å². The number of aromatic nitrogens is 2. The molecule has 3 aromatic carbocycles. The molecule has 4 aromatic rings. The summed E-state index contributed by atoms with van der Waals surface area (Å²) in [7, 11) is 0. The third-order valence-electron chi connectivity index (χ3n) is 4.06. The molecule has 3 nitrogen and oxygen atoms in total. The maximum Gasteiger partial charge on any atom is 0.141 e. The first kappa shape index (κ1) is 14.5. The van der Waals surface area contributed by atoms with Crippen molar-refractivity contribution in [1.29, 1.82) is 0 Å². The smallest absolute Gasteiger partial charge is 0.141 e. The number of hydrogen-bond donors (Lipinski definition) is 1. The fourth-order valence-corrected chi connectivity index (χ4v) is 2.89. The molecule has 0 unspecified atom stereocenters. The minimum Gasteiger partial charge on any atom is -0.399 e. The first-order valence-corrected chi connectivity index (χ1v) is 7.76. The molecule has 0 radical (unpaired) electrons. The number of nitrogens with zero attached hydrogens (tertiary/aromatic N) is 2. The van der Waals surface area contributed by atoms with E-state index in [1.165, 1.54) is 12.1 Å². The van der Waals surface area contributed by atoms with Crippen molar-refractivity contribution in [2.45, 2.75) is 6.54 Å². The molecule has 0 saturated heterocycles. The minimum absolute atomic E-state index is 0.265. The second-order valence-electron chi connectivity index (χ2n) is 5.76. The quantitative estimate of drug-likeness (QED) is 0.566. The second kappa shape index (κ2) is 5.81. The number of para-hydroxylation sites is 2. The topological polar surface area (TPSA) is 43.8 Å². The molecule has 2 N–H and O–H groups in total. The van der Waals surface area contributed by atoms with E-state index in [0.29, 0.717) is 6.54 Å². The summed E-state index contributed by atoms with van der Waals surface area (Å²) in [6.07, 6.45) is 0.